The number of carbonyl (C=O) groups excluding carboxylic acids is 1. The predicted octanol–water partition coefficient (Wildman–Crippen LogP) is 5.38. The summed E-state index contributed by atoms with van der Waals surface area (Å²) in [6, 6.07) is 25.5. The van der Waals surface area contributed by atoms with Gasteiger partial charge in [0.2, 0.25) is 0 Å². The van der Waals surface area contributed by atoms with Gasteiger partial charge in [0.15, 0.2) is 0 Å². The number of hydrogen-bond acceptors (Lipinski definition) is 4. The maximum Gasteiger partial charge on any atom is 0.269 e. The number of benzene rings is 3. The van der Waals surface area contributed by atoms with Crippen molar-refractivity contribution in [3.05, 3.63) is 117 Å². The minimum atomic E-state index is -0.439. The number of non-ortho nitro benzene ring substituents is 1. The van der Waals surface area contributed by atoms with Crippen molar-refractivity contribution in [1.82, 2.24) is 9.88 Å². The standard InChI is InChI=1S/C27H22N4O3/c1-19(21-7-3-2-4-8-21)29-27(32)22(16-28)15-23-18-30(26-10-6-5-9-25(23)26)17-20-11-13-24(14-12-20)31(33)34/h2-15,18-19H,17H2,1H3,(H,29,32)/b22-15-/t19-/m1/s1. The number of nitro benzene ring substituents is 1. The molecule has 1 aromatic heterocycles. The van der Waals surface area contributed by atoms with Gasteiger partial charge in [-0.25, -0.2) is 0 Å². The molecule has 0 radical (unpaired) electrons. The van der Waals surface area contributed by atoms with Crippen molar-refractivity contribution >= 4 is 28.6 Å². The van der Waals surface area contributed by atoms with Crippen LogP contribution >= 0.6 is 0 Å². The molecule has 1 amide bonds. The van der Waals surface area contributed by atoms with Crippen molar-refractivity contribution in [2.24, 2.45) is 0 Å². The number of nitro groups is 1. The molecule has 34 heavy (non-hydrogen) atoms. The van der Waals surface area contributed by atoms with Crippen LogP contribution in [0.5, 0.6) is 0 Å². The lowest BCUT2D eigenvalue weighted by atomic mass is 10.1. The monoisotopic (exact) mass is 450 g/mol. The zero-order chi connectivity index (χ0) is 24.1. The highest BCUT2D eigenvalue weighted by molar-refractivity contribution is 6.04. The van der Waals surface area contributed by atoms with Gasteiger partial charge in [0.05, 0.1) is 11.0 Å². The number of amides is 1. The highest BCUT2D eigenvalue weighted by Gasteiger charge is 2.16. The number of rotatable bonds is 7. The van der Waals surface area contributed by atoms with E-state index < -0.39 is 10.8 Å². The second-order valence-corrected chi connectivity index (χ2v) is 7.93. The molecule has 0 fully saturated rings. The van der Waals surface area contributed by atoms with Gasteiger partial charge in [-0.15, -0.1) is 0 Å². The third kappa shape index (κ3) is 4.87. The van der Waals surface area contributed by atoms with Crippen LogP contribution in [0.2, 0.25) is 0 Å². The molecule has 7 heteroatoms. The number of fused-ring (bicyclic) bond motifs is 1. The summed E-state index contributed by atoms with van der Waals surface area (Å²) < 4.78 is 2.00. The van der Waals surface area contributed by atoms with Gasteiger partial charge in [0, 0.05) is 41.3 Å². The van der Waals surface area contributed by atoms with E-state index in [4.69, 9.17) is 0 Å². The fourth-order valence-electron chi connectivity index (χ4n) is 3.84. The molecule has 4 aromatic rings. The summed E-state index contributed by atoms with van der Waals surface area (Å²) in [6.07, 6.45) is 3.49. The Morgan fingerprint density at radius 3 is 2.44 bits per heavy atom. The number of nitriles is 1. The van der Waals surface area contributed by atoms with Crippen LogP contribution in [0.25, 0.3) is 17.0 Å². The van der Waals surface area contributed by atoms with Crippen LogP contribution in [0.15, 0.2) is 90.6 Å². The van der Waals surface area contributed by atoms with Crippen molar-refractivity contribution in [3.63, 3.8) is 0 Å². The van der Waals surface area contributed by atoms with Gasteiger partial charge in [-0.05, 0) is 30.2 Å². The quantitative estimate of drug-likeness (QED) is 0.177. The first-order valence-corrected chi connectivity index (χ1v) is 10.7. The van der Waals surface area contributed by atoms with Crippen LogP contribution in [0, 0.1) is 21.4 Å². The van der Waals surface area contributed by atoms with E-state index in [1.807, 2.05) is 78.4 Å². The Labute approximate surface area is 196 Å². The third-order valence-corrected chi connectivity index (χ3v) is 5.63. The van der Waals surface area contributed by atoms with E-state index in [9.17, 15) is 20.2 Å². The normalized spacial score (nSPS) is 12.2. The maximum atomic E-state index is 12.8. The lowest BCUT2D eigenvalue weighted by Crippen LogP contribution is -2.27. The molecule has 0 aliphatic carbocycles. The largest absolute Gasteiger partial charge is 0.345 e. The number of para-hydroxylation sites is 1. The topological polar surface area (TPSA) is 101 Å². The van der Waals surface area contributed by atoms with Crippen molar-refractivity contribution in [1.29, 1.82) is 5.26 Å². The minimum Gasteiger partial charge on any atom is -0.345 e. The fraction of sp³-hybridized carbons (Fsp3) is 0.111. The van der Waals surface area contributed by atoms with Gasteiger partial charge in [-0.1, -0.05) is 60.7 Å². The molecule has 1 N–H and O–H groups in total. The predicted molar refractivity (Wildman–Crippen MR) is 131 cm³/mol. The first-order chi connectivity index (χ1) is 16.5. The van der Waals surface area contributed by atoms with Gasteiger partial charge in [0.1, 0.15) is 11.6 Å². The van der Waals surface area contributed by atoms with Crippen molar-refractivity contribution in [2.45, 2.75) is 19.5 Å². The fourth-order valence-corrected chi connectivity index (χ4v) is 3.84. The summed E-state index contributed by atoms with van der Waals surface area (Å²) in [6.45, 7) is 2.36. The zero-order valence-electron chi connectivity index (χ0n) is 18.5. The summed E-state index contributed by atoms with van der Waals surface area (Å²) in [5.74, 6) is -0.439. The van der Waals surface area contributed by atoms with Gasteiger partial charge >= 0.3 is 0 Å². The summed E-state index contributed by atoms with van der Waals surface area (Å²) in [5, 5.41) is 24.4. The van der Waals surface area contributed by atoms with E-state index in [1.165, 1.54) is 12.1 Å². The second-order valence-electron chi connectivity index (χ2n) is 7.93. The SMILES string of the molecule is C[C@@H](NC(=O)/C(C#N)=C\c1cn(Cc2ccc([N+](=O)[O-])cc2)c2ccccc12)c1ccccc1. The van der Waals surface area contributed by atoms with Crippen LogP contribution in [-0.4, -0.2) is 15.4 Å². The Morgan fingerprint density at radius 2 is 1.76 bits per heavy atom. The Hall–Kier alpha value is -4.70. The van der Waals surface area contributed by atoms with Crippen LogP contribution in [0.3, 0.4) is 0 Å². The molecule has 3 aromatic carbocycles. The molecule has 7 nitrogen and oxygen atoms in total. The molecule has 0 bridgehead atoms. The van der Waals surface area contributed by atoms with Crippen molar-refractivity contribution in [2.75, 3.05) is 0 Å². The summed E-state index contributed by atoms with van der Waals surface area (Å²) in [7, 11) is 0. The van der Waals surface area contributed by atoms with Crippen molar-refractivity contribution < 1.29 is 9.72 Å². The Balaban J connectivity index is 1.62. The summed E-state index contributed by atoms with van der Waals surface area (Å²) >= 11 is 0. The number of carbonyl (C=O) groups is 1. The Morgan fingerprint density at radius 1 is 1.09 bits per heavy atom. The Kier molecular flexibility index (Phi) is 6.51. The minimum absolute atomic E-state index is 0.0148. The highest BCUT2D eigenvalue weighted by Crippen LogP contribution is 2.25. The molecule has 1 heterocycles. The maximum absolute atomic E-state index is 12.8. The average Bonchev–Trinajstić information content (AvgIpc) is 3.20. The molecule has 0 saturated carbocycles. The van der Waals surface area contributed by atoms with E-state index in [1.54, 1.807) is 18.2 Å². The summed E-state index contributed by atoms with van der Waals surface area (Å²) in [4.78, 5) is 23.3. The van der Waals surface area contributed by atoms with E-state index in [2.05, 4.69) is 5.32 Å². The van der Waals surface area contributed by atoms with E-state index in [0.717, 1.165) is 27.6 Å². The number of hydrogen-bond donors (Lipinski definition) is 1. The molecule has 0 unspecified atom stereocenters. The molecule has 1 atom stereocenters. The van der Waals surface area contributed by atoms with Gasteiger partial charge < -0.3 is 9.88 Å². The van der Waals surface area contributed by atoms with Crippen LogP contribution in [0.4, 0.5) is 5.69 Å². The first kappa shape index (κ1) is 22.5. The highest BCUT2D eigenvalue weighted by atomic mass is 16.6. The molecule has 0 spiro atoms. The summed E-state index contributed by atoms with van der Waals surface area (Å²) in [5.41, 5.74) is 3.59. The molecule has 0 saturated heterocycles. The second kappa shape index (κ2) is 9.84. The smallest absolute Gasteiger partial charge is 0.269 e. The number of nitrogens with zero attached hydrogens (tertiary/aromatic N) is 3. The Bertz CT molecular complexity index is 1410. The molecule has 4 rings (SSSR count). The van der Waals surface area contributed by atoms with Gasteiger partial charge in [-0.2, -0.15) is 5.26 Å². The van der Waals surface area contributed by atoms with Crippen LogP contribution in [0.1, 0.15) is 29.7 Å². The van der Waals surface area contributed by atoms with Crippen molar-refractivity contribution in [3.8, 4) is 6.07 Å². The van der Waals surface area contributed by atoms with E-state index >= 15 is 0 Å². The number of aromatic nitrogens is 1. The van der Waals surface area contributed by atoms with Crippen LogP contribution in [-0.2, 0) is 11.3 Å². The lowest BCUT2D eigenvalue weighted by molar-refractivity contribution is -0.384. The van der Waals surface area contributed by atoms with Gasteiger partial charge in [0.25, 0.3) is 11.6 Å². The average molecular weight is 450 g/mol. The molecule has 0 aliphatic rings. The molecular weight excluding hydrogens is 428 g/mol. The number of nitrogens with one attached hydrogen (secondary N) is 1. The van der Waals surface area contributed by atoms with Crippen LogP contribution < -0.4 is 5.32 Å². The molecular formula is C27H22N4O3. The van der Waals surface area contributed by atoms with E-state index in [0.29, 0.717) is 6.54 Å². The molecule has 0 aliphatic heterocycles. The first-order valence-electron chi connectivity index (χ1n) is 10.7. The van der Waals surface area contributed by atoms with E-state index in [-0.39, 0.29) is 17.3 Å². The molecule has 168 valence electrons. The lowest BCUT2D eigenvalue weighted by Gasteiger charge is -2.13. The van der Waals surface area contributed by atoms with Gasteiger partial charge in [-0.3, -0.25) is 14.9 Å². The third-order valence-electron chi connectivity index (χ3n) is 5.63. The zero-order valence-corrected chi connectivity index (χ0v) is 18.5.